The van der Waals surface area contributed by atoms with Crippen molar-refractivity contribution in [1.82, 2.24) is 14.8 Å². The quantitative estimate of drug-likeness (QED) is 0.808. The normalized spacial score (nSPS) is 11.7. The third kappa shape index (κ3) is 2.88. The van der Waals surface area contributed by atoms with Crippen molar-refractivity contribution < 1.29 is 8.42 Å². The van der Waals surface area contributed by atoms with E-state index in [0.29, 0.717) is 12.4 Å². The van der Waals surface area contributed by atoms with Crippen molar-refractivity contribution in [1.29, 1.82) is 0 Å². The van der Waals surface area contributed by atoms with Gasteiger partial charge in [0, 0.05) is 10.7 Å². The van der Waals surface area contributed by atoms with Crippen molar-refractivity contribution >= 4 is 19.7 Å². The molecular formula is C11H12ClN3O2S. The number of hydrogen-bond donors (Lipinski definition) is 0. The van der Waals surface area contributed by atoms with E-state index >= 15 is 0 Å². The molecule has 5 nitrogen and oxygen atoms in total. The number of halogens is 1. The average molecular weight is 286 g/mol. The van der Waals surface area contributed by atoms with Crippen LogP contribution in [-0.2, 0) is 15.6 Å². The highest BCUT2D eigenvalue weighted by Gasteiger charge is 2.11. The first-order valence-corrected chi connectivity index (χ1v) is 7.59. The van der Waals surface area contributed by atoms with E-state index in [0.717, 1.165) is 11.4 Å². The summed E-state index contributed by atoms with van der Waals surface area (Å²) in [5, 5.41) is 4.22. The van der Waals surface area contributed by atoms with Crippen LogP contribution in [0.1, 0.15) is 17.2 Å². The summed E-state index contributed by atoms with van der Waals surface area (Å²) >= 11 is 0. The van der Waals surface area contributed by atoms with Crippen LogP contribution in [0.4, 0.5) is 0 Å². The van der Waals surface area contributed by atoms with Gasteiger partial charge in [0.2, 0.25) is 0 Å². The van der Waals surface area contributed by atoms with Crippen molar-refractivity contribution in [2.45, 2.75) is 25.3 Å². The predicted molar refractivity (Wildman–Crippen MR) is 68.1 cm³/mol. The number of hydrogen-bond acceptors (Lipinski definition) is 4. The van der Waals surface area contributed by atoms with E-state index in [-0.39, 0.29) is 4.90 Å². The van der Waals surface area contributed by atoms with Crippen LogP contribution in [0.15, 0.2) is 29.2 Å². The molecule has 1 heterocycles. The van der Waals surface area contributed by atoms with E-state index in [4.69, 9.17) is 10.7 Å². The van der Waals surface area contributed by atoms with E-state index in [9.17, 15) is 8.42 Å². The first-order chi connectivity index (χ1) is 8.36. The van der Waals surface area contributed by atoms with Gasteiger partial charge in [-0.2, -0.15) is 5.10 Å². The molecule has 0 saturated heterocycles. The summed E-state index contributed by atoms with van der Waals surface area (Å²) in [5.41, 5.74) is 0.810. The fourth-order valence-corrected chi connectivity index (χ4v) is 2.50. The first kappa shape index (κ1) is 13.0. The van der Waals surface area contributed by atoms with Gasteiger partial charge in [0.15, 0.2) is 0 Å². The van der Waals surface area contributed by atoms with Crippen LogP contribution < -0.4 is 0 Å². The molecule has 0 atom stereocenters. The molecule has 2 aromatic rings. The molecule has 0 bridgehead atoms. The van der Waals surface area contributed by atoms with Crippen molar-refractivity contribution in [3.05, 3.63) is 41.5 Å². The van der Waals surface area contributed by atoms with E-state index in [1.54, 1.807) is 16.8 Å². The third-order valence-electron chi connectivity index (χ3n) is 2.47. The van der Waals surface area contributed by atoms with Gasteiger partial charge in [-0.1, -0.05) is 12.1 Å². The van der Waals surface area contributed by atoms with Gasteiger partial charge in [0.05, 0.1) is 11.4 Å². The number of benzene rings is 1. The maximum Gasteiger partial charge on any atom is 0.261 e. The Labute approximate surface area is 110 Å². The van der Waals surface area contributed by atoms with E-state index in [2.05, 4.69) is 10.1 Å². The van der Waals surface area contributed by atoms with Crippen molar-refractivity contribution in [2.75, 3.05) is 0 Å². The van der Waals surface area contributed by atoms with Crippen LogP contribution >= 0.6 is 10.7 Å². The van der Waals surface area contributed by atoms with Gasteiger partial charge in [-0.15, -0.1) is 0 Å². The molecule has 0 unspecified atom stereocenters. The average Bonchev–Trinajstić information content (AvgIpc) is 2.56. The Kier molecular flexibility index (Phi) is 3.41. The summed E-state index contributed by atoms with van der Waals surface area (Å²) in [6, 6.07) is 6.48. The third-order valence-corrected chi connectivity index (χ3v) is 3.83. The Hall–Kier alpha value is -1.40. The van der Waals surface area contributed by atoms with E-state index in [1.165, 1.54) is 6.07 Å². The highest BCUT2D eigenvalue weighted by Crippen LogP contribution is 2.16. The van der Waals surface area contributed by atoms with E-state index < -0.39 is 9.05 Å². The standard InChI is InChI=1S/C11H12ClN3O2S/c1-8-13-9(2)15(14-8)7-10-4-3-5-11(6-10)18(12,16)17/h3-6H,7H2,1-2H3. The van der Waals surface area contributed by atoms with E-state index in [1.807, 2.05) is 19.9 Å². The summed E-state index contributed by atoms with van der Waals surface area (Å²) in [6.07, 6.45) is 0. The summed E-state index contributed by atoms with van der Waals surface area (Å²) in [5.74, 6) is 1.47. The monoisotopic (exact) mass is 285 g/mol. The molecule has 0 spiro atoms. The highest BCUT2D eigenvalue weighted by molar-refractivity contribution is 8.13. The summed E-state index contributed by atoms with van der Waals surface area (Å²) in [4.78, 5) is 4.28. The molecule has 1 aromatic carbocycles. The van der Waals surface area contributed by atoms with Gasteiger partial charge in [-0.3, -0.25) is 0 Å². The van der Waals surface area contributed by atoms with Crippen molar-refractivity contribution in [2.24, 2.45) is 0 Å². The summed E-state index contributed by atoms with van der Waals surface area (Å²) in [6.45, 7) is 4.12. The van der Waals surface area contributed by atoms with Crippen LogP contribution in [0, 0.1) is 13.8 Å². The van der Waals surface area contributed by atoms with Crippen LogP contribution in [0.3, 0.4) is 0 Å². The lowest BCUT2D eigenvalue weighted by atomic mass is 10.2. The first-order valence-electron chi connectivity index (χ1n) is 5.28. The second-order valence-corrected chi connectivity index (χ2v) is 6.52. The minimum absolute atomic E-state index is 0.0937. The number of aryl methyl sites for hydroxylation is 2. The molecule has 0 N–H and O–H groups in total. The Balaban J connectivity index is 2.33. The number of rotatable bonds is 3. The Bertz CT molecular complexity index is 679. The molecule has 18 heavy (non-hydrogen) atoms. The largest absolute Gasteiger partial charge is 0.261 e. The second-order valence-electron chi connectivity index (χ2n) is 3.95. The topological polar surface area (TPSA) is 64.8 Å². The molecule has 0 radical (unpaired) electrons. The van der Waals surface area contributed by atoms with Gasteiger partial charge in [-0.05, 0) is 31.5 Å². The molecule has 0 aliphatic rings. The van der Waals surface area contributed by atoms with Gasteiger partial charge < -0.3 is 0 Å². The van der Waals surface area contributed by atoms with Crippen molar-refractivity contribution in [3.8, 4) is 0 Å². The predicted octanol–water partition coefficient (Wildman–Crippen LogP) is 1.87. The molecule has 0 fully saturated rings. The number of aromatic nitrogens is 3. The zero-order chi connectivity index (χ0) is 13.3. The molecule has 2 rings (SSSR count). The highest BCUT2D eigenvalue weighted by atomic mass is 35.7. The van der Waals surface area contributed by atoms with Gasteiger partial charge in [-0.25, -0.2) is 18.1 Å². The molecule has 0 aliphatic heterocycles. The van der Waals surface area contributed by atoms with Crippen LogP contribution in [-0.4, -0.2) is 23.2 Å². The lowest BCUT2D eigenvalue weighted by Gasteiger charge is -2.04. The minimum Gasteiger partial charge on any atom is -0.246 e. The lowest BCUT2D eigenvalue weighted by Crippen LogP contribution is -2.05. The maximum absolute atomic E-state index is 11.2. The lowest BCUT2D eigenvalue weighted by molar-refractivity contribution is 0.609. The zero-order valence-electron chi connectivity index (χ0n) is 9.96. The molecule has 7 heteroatoms. The summed E-state index contributed by atoms with van der Waals surface area (Å²) in [7, 11) is 1.61. The second kappa shape index (κ2) is 4.70. The molecule has 0 amide bonds. The zero-order valence-corrected chi connectivity index (χ0v) is 11.5. The minimum atomic E-state index is -3.70. The van der Waals surface area contributed by atoms with Crippen LogP contribution in [0.2, 0.25) is 0 Å². The molecule has 96 valence electrons. The SMILES string of the molecule is Cc1nc(C)n(Cc2cccc(S(=O)(=O)Cl)c2)n1. The Morgan fingerprint density at radius 1 is 1.33 bits per heavy atom. The Morgan fingerprint density at radius 3 is 2.61 bits per heavy atom. The van der Waals surface area contributed by atoms with Gasteiger partial charge >= 0.3 is 0 Å². The van der Waals surface area contributed by atoms with Gasteiger partial charge in [0.25, 0.3) is 9.05 Å². The van der Waals surface area contributed by atoms with Crippen LogP contribution in [0.25, 0.3) is 0 Å². The van der Waals surface area contributed by atoms with Gasteiger partial charge in [0.1, 0.15) is 11.6 Å². The van der Waals surface area contributed by atoms with Crippen molar-refractivity contribution in [3.63, 3.8) is 0 Å². The fraction of sp³-hybridized carbons (Fsp3) is 0.273. The van der Waals surface area contributed by atoms with Crippen LogP contribution in [0.5, 0.6) is 0 Å². The smallest absolute Gasteiger partial charge is 0.246 e. The molecule has 0 aliphatic carbocycles. The molecule has 1 aromatic heterocycles. The summed E-state index contributed by atoms with van der Waals surface area (Å²) < 4.78 is 24.2. The Morgan fingerprint density at radius 2 is 2.06 bits per heavy atom. The maximum atomic E-state index is 11.2. The molecular weight excluding hydrogens is 274 g/mol. The number of nitrogens with zero attached hydrogens (tertiary/aromatic N) is 3. The fourth-order valence-electron chi connectivity index (χ4n) is 1.68. The molecule has 0 saturated carbocycles.